The normalized spacial score (nSPS) is 11.4. The number of aliphatic imine (C=N–C) groups is 1. The smallest absolute Gasteiger partial charge is 0.180 e. The molecule has 2 nitrogen and oxygen atoms in total. The van der Waals surface area contributed by atoms with Crippen molar-refractivity contribution in [1.82, 2.24) is 0 Å². The summed E-state index contributed by atoms with van der Waals surface area (Å²) < 4.78 is 0. The van der Waals surface area contributed by atoms with E-state index in [9.17, 15) is 4.79 Å². The predicted octanol–water partition coefficient (Wildman–Crippen LogP) is 2.39. The molecule has 0 radical (unpaired) electrons. The summed E-state index contributed by atoms with van der Waals surface area (Å²) in [6.07, 6.45) is 1.48. The first kappa shape index (κ1) is 11.1. The number of hydrogen-bond donors (Lipinski definition) is 0. The zero-order valence-electron chi connectivity index (χ0n) is 8.18. The van der Waals surface area contributed by atoms with Crippen molar-refractivity contribution in [3.63, 3.8) is 0 Å². The highest BCUT2D eigenvalue weighted by molar-refractivity contribution is 6.45. The van der Waals surface area contributed by atoms with E-state index in [0.717, 1.165) is 12.0 Å². The Kier molecular flexibility index (Phi) is 5.26. The first-order valence-electron chi connectivity index (χ1n) is 4.37. The van der Waals surface area contributed by atoms with Gasteiger partial charge in [0.2, 0.25) is 0 Å². The summed E-state index contributed by atoms with van der Waals surface area (Å²) in [6, 6.07) is 0. The zero-order chi connectivity index (χ0) is 9.56. The van der Waals surface area contributed by atoms with E-state index in [1.807, 2.05) is 20.8 Å². The second-order valence-electron chi connectivity index (χ2n) is 2.79. The Labute approximate surface area is 74.4 Å². The van der Waals surface area contributed by atoms with Gasteiger partial charge in [0.25, 0.3) is 0 Å². The molecule has 0 amide bonds. The molecule has 0 aliphatic carbocycles. The molecule has 0 heterocycles. The molecule has 0 rings (SSSR count). The molecule has 0 bridgehead atoms. The van der Waals surface area contributed by atoms with Crippen LogP contribution in [0.4, 0.5) is 0 Å². The maximum Gasteiger partial charge on any atom is 0.180 e. The fraction of sp³-hybridized carbons (Fsp3) is 0.600. The lowest BCUT2D eigenvalue weighted by molar-refractivity contribution is -0.112. The highest BCUT2D eigenvalue weighted by Crippen LogP contribution is 1.99. The van der Waals surface area contributed by atoms with Crippen LogP contribution in [0.3, 0.4) is 0 Å². The van der Waals surface area contributed by atoms with Crippen LogP contribution in [0.5, 0.6) is 0 Å². The maximum absolute atomic E-state index is 11.3. The highest BCUT2D eigenvalue weighted by Gasteiger charge is 2.08. The van der Waals surface area contributed by atoms with E-state index >= 15 is 0 Å². The number of Topliss-reactive ketones (excluding diaryl/α,β-unsaturated/α-hetero) is 1. The van der Waals surface area contributed by atoms with Gasteiger partial charge in [-0.25, -0.2) is 0 Å². The minimum Gasteiger partial charge on any atom is -0.292 e. The van der Waals surface area contributed by atoms with Crippen LogP contribution in [0.15, 0.2) is 17.1 Å². The average molecular weight is 167 g/mol. The molecule has 0 aliphatic heterocycles. The van der Waals surface area contributed by atoms with Crippen LogP contribution in [0.1, 0.15) is 33.6 Å². The zero-order valence-corrected chi connectivity index (χ0v) is 8.18. The van der Waals surface area contributed by atoms with Gasteiger partial charge in [-0.2, -0.15) is 0 Å². The second-order valence-corrected chi connectivity index (χ2v) is 2.79. The van der Waals surface area contributed by atoms with Crippen LogP contribution in [0.2, 0.25) is 0 Å². The van der Waals surface area contributed by atoms with E-state index in [1.54, 1.807) is 0 Å². The summed E-state index contributed by atoms with van der Waals surface area (Å²) >= 11 is 0. The number of carbonyl (C=O) groups excluding carboxylic acids is 1. The minimum absolute atomic E-state index is 0.0935. The molecule has 68 valence electrons. The third kappa shape index (κ3) is 3.46. The summed E-state index contributed by atoms with van der Waals surface area (Å²) in [6.45, 7) is 10.1. The van der Waals surface area contributed by atoms with Crippen molar-refractivity contribution >= 4 is 11.5 Å². The van der Waals surface area contributed by atoms with Gasteiger partial charge in [-0.15, -0.1) is 0 Å². The van der Waals surface area contributed by atoms with Gasteiger partial charge in [-0.05, 0) is 18.9 Å². The summed E-state index contributed by atoms with van der Waals surface area (Å²) in [7, 11) is 0. The number of carbonyl (C=O) groups is 1. The monoisotopic (exact) mass is 167 g/mol. The molecule has 0 aromatic rings. The fourth-order valence-electron chi connectivity index (χ4n) is 0.852. The summed E-state index contributed by atoms with van der Waals surface area (Å²) in [5, 5.41) is 0. The van der Waals surface area contributed by atoms with Crippen molar-refractivity contribution < 1.29 is 4.79 Å². The Morgan fingerprint density at radius 2 is 2.00 bits per heavy atom. The fourth-order valence-corrected chi connectivity index (χ4v) is 0.852. The Hall–Kier alpha value is -0.920. The van der Waals surface area contributed by atoms with Crippen LogP contribution < -0.4 is 0 Å². The maximum atomic E-state index is 11.3. The Bertz CT molecular complexity index is 204. The molecule has 0 aromatic carbocycles. The van der Waals surface area contributed by atoms with Gasteiger partial charge >= 0.3 is 0 Å². The minimum atomic E-state index is 0.0935. The molecule has 12 heavy (non-hydrogen) atoms. The summed E-state index contributed by atoms with van der Waals surface area (Å²) in [4.78, 5) is 15.4. The van der Waals surface area contributed by atoms with E-state index in [2.05, 4.69) is 11.6 Å². The Morgan fingerprint density at radius 3 is 2.33 bits per heavy atom. The average Bonchev–Trinajstić information content (AvgIpc) is 2.04. The number of hydrogen-bond acceptors (Lipinski definition) is 2. The Balaban J connectivity index is 4.43. The second kappa shape index (κ2) is 5.70. The van der Waals surface area contributed by atoms with Gasteiger partial charge in [0, 0.05) is 13.0 Å². The molecule has 0 aromatic heterocycles. The van der Waals surface area contributed by atoms with Crippen molar-refractivity contribution in [2.75, 3.05) is 6.54 Å². The number of ketones is 1. The lowest BCUT2D eigenvalue weighted by Crippen LogP contribution is -2.14. The van der Waals surface area contributed by atoms with Crippen molar-refractivity contribution in [3.05, 3.63) is 12.2 Å². The van der Waals surface area contributed by atoms with Crippen molar-refractivity contribution in [2.24, 2.45) is 4.99 Å². The molecular formula is C10H17NO. The number of allylic oxidation sites excluding steroid dienone is 1. The van der Waals surface area contributed by atoms with Crippen LogP contribution in [-0.4, -0.2) is 18.0 Å². The molecular weight excluding hydrogens is 150 g/mol. The predicted molar refractivity (Wildman–Crippen MR) is 52.7 cm³/mol. The van der Waals surface area contributed by atoms with E-state index in [1.165, 1.54) is 0 Å². The largest absolute Gasteiger partial charge is 0.292 e. The van der Waals surface area contributed by atoms with Gasteiger partial charge in [0.1, 0.15) is 5.71 Å². The first-order valence-corrected chi connectivity index (χ1v) is 4.37. The van der Waals surface area contributed by atoms with Crippen molar-refractivity contribution in [1.29, 1.82) is 0 Å². The van der Waals surface area contributed by atoms with Gasteiger partial charge in [-0.1, -0.05) is 20.4 Å². The van der Waals surface area contributed by atoms with Crippen LogP contribution in [0, 0.1) is 0 Å². The molecule has 0 aliphatic rings. The lowest BCUT2D eigenvalue weighted by atomic mass is 10.1. The van der Waals surface area contributed by atoms with Crippen molar-refractivity contribution in [3.8, 4) is 0 Å². The van der Waals surface area contributed by atoms with Gasteiger partial charge < -0.3 is 0 Å². The molecule has 0 saturated carbocycles. The van der Waals surface area contributed by atoms with E-state index in [4.69, 9.17) is 0 Å². The van der Waals surface area contributed by atoms with Gasteiger partial charge in [0.15, 0.2) is 5.78 Å². The van der Waals surface area contributed by atoms with Gasteiger partial charge in [-0.3, -0.25) is 9.79 Å². The highest BCUT2D eigenvalue weighted by atomic mass is 16.1. The van der Waals surface area contributed by atoms with Crippen LogP contribution >= 0.6 is 0 Å². The molecule has 0 N–H and O–H groups in total. The molecule has 0 spiro atoms. The Morgan fingerprint density at radius 1 is 1.42 bits per heavy atom. The lowest BCUT2D eigenvalue weighted by Gasteiger charge is -2.01. The standard InChI is InChI=1S/C10H17NO/c1-5-7-11-10(8(3)4)9(12)6-2/h3,5-7H2,1-2,4H3. The SMILES string of the molecule is C=C(C)C(=NCCC)C(=O)CC. The van der Waals surface area contributed by atoms with Crippen LogP contribution in [-0.2, 0) is 4.79 Å². The van der Waals surface area contributed by atoms with Crippen molar-refractivity contribution in [2.45, 2.75) is 33.6 Å². The van der Waals surface area contributed by atoms with Gasteiger partial charge in [0.05, 0.1) is 0 Å². The van der Waals surface area contributed by atoms with E-state index in [0.29, 0.717) is 18.7 Å². The quantitative estimate of drug-likeness (QED) is 0.578. The number of rotatable bonds is 5. The molecule has 2 heteroatoms. The first-order chi connectivity index (χ1) is 5.63. The van der Waals surface area contributed by atoms with E-state index in [-0.39, 0.29) is 5.78 Å². The molecule has 0 unspecified atom stereocenters. The topological polar surface area (TPSA) is 29.4 Å². The molecule has 0 atom stereocenters. The summed E-state index contributed by atoms with van der Waals surface area (Å²) in [5.41, 5.74) is 1.34. The third-order valence-corrected chi connectivity index (χ3v) is 1.48. The third-order valence-electron chi connectivity index (χ3n) is 1.48. The molecule has 0 saturated heterocycles. The number of nitrogens with zero attached hydrogens (tertiary/aromatic N) is 1. The van der Waals surface area contributed by atoms with E-state index < -0.39 is 0 Å². The van der Waals surface area contributed by atoms with Crippen LogP contribution in [0.25, 0.3) is 0 Å². The summed E-state index contributed by atoms with van der Waals surface area (Å²) in [5.74, 6) is 0.0935. The molecule has 0 fully saturated rings.